The van der Waals surface area contributed by atoms with Crippen molar-refractivity contribution in [2.24, 2.45) is 5.92 Å². The van der Waals surface area contributed by atoms with Crippen LogP contribution in [0.15, 0.2) is 36.8 Å². The summed E-state index contributed by atoms with van der Waals surface area (Å²) in [5.41, 5.74) is 1.12. The van der Waals surface area contributed by atoms with Crippen LogP contribution in [0.2, 0.25) is 0 Å². The van der Waals surface area contributed by atoms with Crippen molar-refractivity contribution in [1.82, 2.24) is 15.3 Å². The maximum absolute atomic E-state index is 12.5. The Labute approximate surface area is 172 Å². The molecule has 7 heteroatoms. The van der Waals surface area contributed by atoms with Crippen LogP contribution in [-0.4, -0.2) is 48.7 Å². The highest BCUT2D eigenvalue weighted by molar-refractivity contribution is 5.79. The standard InChI is InChI=1S/C22H30N4O3/c1-3-28-19-6-5-17(15-20(19)29-4-2)7-10-25-22(27)18-8-13-26(14-9-18)21-16-23-11-12-24-21/h5-6,11-12,15-16,18H,3-4,7-10,13-14H2,1-2H3,(H,25,27). The summed E-state index contributed by atoms with van der Waals surface area (Å²) in [4.78, 5) is 23.2. The number of hydrogen-bond donors (Lipinski definition) is 1. The van der Waals surface area contributed by atoms with Crippen molar-refractivity contribution in [3.05, 3.63) is 42.4 Å². The molecular weight excluding hydrogens is 368 g/mol. The lowest BCUT2D eigenvalue weighted by Crippen LogP contribution is -2.41. The lowest BCUT2D eigenvalue weighted by Gasteiger charge is -2.31. The summed E-state index contributed by atoms with van der Waals surface area (Å²) >= 11 is 0. The van der Waals surface area contributed by atoms with E-state index >= 15 is 0 Å². The number of ether oxygens (including phenoxy) is 2. The number of carbonyl (C=O) groups is 1. The molecule has 1 aromatic carbocycles. The average molecular weight is 399 g/mol. The summed E-state index contributed by atoms with van der Waals surface area (Å²) in [7, 11) is 0. The molecule has 1 amide bonds. The van der Waals surface area contributed by atoms with Gasteiger partial charge in [-0.1, -0.05) is 6.07 Å². The van der Waals surface area contributed by atoms with E-state index in [1.54, 1.807) is 18.6 Å². The zero-order chi connectivity index (χ0) is 20.5. The molecule has 0 bridgehead atoms. The number of rotatable bonds is 9. The minimum absolute atomic E-state index is 0.0576. The van der Waals surface area contributed by atoms with E-state index in [1.165, 1.54) is 0 Å². The SMILES string of the molecule is CCOc1ccc(CCNC(=O)C2CCN(c3cnccn3)CC2)cc1OCC. The topological polar surface area (TPSA) is 76.6 Å². The van der Waals surface area contributed by atoms with Gasteiger partial charge in [0.25, 0.3) is 0 Å². The number of amides is 1. The zero-order valence-corrected chi connectivity index (χ0v) is 17.3. The Bertz CT molecular complexity index is 777. The molecule has 1 fully saturated rings. The van der Waals surface area contributed by atoms with Crippen molar-refractivity contribution in [3.8, 4) is 11.5 Å². The first kappa shape index (κ1) is 20.9. The van der Waals surface area contributed by atoms with Crippen molar-refractivity contribution in [2.75, 3.05) is 37.7 Å². The highest BCUT2D eigenvalue weighted by atomic mass is 16.5. The van der Waals surface area contributed by atoms with Crippen molar-refractivity contribution in [2.45, 2.75) is 33.1 Å². The fourth-order valence-corrected chi connectivity index (χ4v) is 3.55. The third kappa shape index (κ3) is 5.82. The van der Waals surface area contributed by atoms with E-state index in [0.29, 0.717) is 19.8 Å². The lowest BCUT2D eigenvalue weighted by atomic mass is 9.96. The van der Waals surface area contributed by atoms with Gasteiger partial charge in [-0.15, -0.1) is 0 Å². The summed E-state index contributed by atoms with van der Waals surface area (Å²) < 4.78 is 11.3. The first-order valence-electron chi connectivity index (χ1n) is 10.4. The number of nitrogens with zero attached hydrogens (tertiary/aromatic N) is 3. The van der Waals surface area contributed by atoms with E-state index in [0.717, 1.165) is 55.2 Å². The Balaban J connectivity index is 1.45. The average Bonchev–Trinajstić information content (AvgIpc) is 2.76. The molecule has 3 rings (SSSR count). The summed E-state index contributed by atoms with van der Waals surface area (Å²) in [5, 5.41) is 3.09. The van der Waals surface area contributed by atoms with Crippen molar-refractivity contribution < 1.29 is 14.3 Å². The highest BCUT2D eigenvalue weighted by Gasteiger charge is 2.25. The maximum atomic E-state index is 12.5. The fraction of sp³-hybridized carbons (Fsp3) is 0.500. The molecule has 0 spiro atoms. The van der Waals surface area contributed by atoms with Gasteiger partial charge in [0.15, 0.2) is 11.5 Å². The van der Waals surface area contributed by atoms with Gasteiger partial charge in [-0.3, -0.25) is 9.78 Å². The molecule has 0 saturated carbocycles. The van der Waals surface area contributed by atoms with Gasteiger partial charge in [-0.2, -0.15) is 0 Å². The van der Waals surface area contributed by atoms with Gasteiger partial charge >= 0.3 is 0 Å². The Kier molecular flexibility index (Phi) is 7.67. The van der Waals surface area contributed by atoms with E-state index < -0.39 is 0 Å². The number of hydrogen-bond acceptors (Lipinski definition) is 6. The number of nitrogens with one attached hydrogen (secondary N) is 1. The van der Waals surface area contributed by atoms with E-state index in [1.807, 2.05) is 32.0 Å². The van der Waals surface area contributed by atoms with E-state index in [2.05, 4.69) is 20.2 Å². The van der Waals surface area contributed by atoms with Crippen LogP contribution in [0.3, 0.4) is 0 Å². The molecule has 156 valence electrons. The molecule has 2 aromatic rings. The first-order valence-corrected chi connectivity index (χ1v) is 10.4. The molecule has 0 atom stereocenters. The molecule has 1 saturated heterocycles. The van der Waals surface area contributed by atoms with Gasteiger partial charge in [0.1, 0.15) is 5.82 Å². The van der Waals surface area contributed by atoms with Gasteiger partial charge in [0, 0.05) is 37.9 Å². The van der Waals surface area contributed by atoms with Gasteiger partial charge < -0.3 is 19.7 Å². The minimum Gasteiger partial charge on any atom is -0.490 e. The Morgan fingerprint density at radius 2 is 1.90 bits per heavy atom. The molecule has 1 aromatic heterocycles. The Morgan fingerprint density at radius 1 is 1.14 bits per heavy atom. The monoisotopic (exact) mass is 398 g/mol. The molecule has 29 heavy (non-hydrogen) atoms. The van der Waals surface area contributed by atoms with E-state index in [-0.39, 0.29) is 11.8 Å². The number of carbonyl (C=O) groups excluding carboxylic acids is 1. The van der Waals surface area contributed by atoms with Crippen LogP contribution in [0, 0.1) is 5.92 Å². The number of aromatic nitrogens is 2. The van der Waals surface area contributed by atoms with Gasteiger partial charge in [0.2, 0.25) is 5.91 Å². The summed E-state index contributed by atoms with van der Waals surface area (Å²) in [6, 6.07) is 5.97. The summed E-state index contributed by atoms with van der Waals surface area (Å²) in [5.74, 6) is 2.60. The van der Waals surface area contributed by atoms with Crippen LogP contribution in [0.5, 0.6) is 11.5 Å². The van der Waals surface area contributed by atoms with Crippen LogP contribution < -0.4 is 19.7 Å². The van der Waals surface area contributed by atoms with Gasteiger partial charge in [-0.25, -0.2) is 4.98 Å². The van der Waals surface area contributed by atoms with Crippen molar-refractivity contribution >= 4 is 11.7 Å². The second-order valence-electron chi connectivity index (χ2n) is 7.01. The zero-order valence-electron chi connectivity index (χ0n) is 17.3. The second kappa shape index (κ2) is 10.6. The summed E-state index contributed by atoms with van der Waals surface area (Å²) in [6.07, 6.45) is 7.57. The molecule has 1 aliphatic rings. The molecule has 0 radical (unpaired) electrons. The molecule has 0 unspecified atom stereocenters. The first-order chi connectivity index (χ1) is 14.2. The smallest absolute Gasteiger partial charge is 0.223 e. The van der Waals surface area contributed by atoms with Gasteiger partial charge in [0.05, 0.1) is 19.4 Å². The van der Waals surface area contributed by atoms with E-state index in [4.69, 9.17) is 9.47 Å². The fourth-order valence-electron chi connectivity index (χ4n) is 3.55. The Hall–Kier alpha value is -2.83. The summed E-state index contributed by atoms with van der Waals surface area (Å²) in [6.45, 7) is 7.37. The predicted octanol–water partition coefficient (Wildman–Crippen LogP) is 2.85. The van der Waals surface area contributed by atoms with Crippen LogP contribution >= 0.6 is 0 Å². The molecule has 7 nitrogen and oxygen atoms in total. The predicted molar refractivity (Wildman–Crippen MR) is 112 cm³/mol. The third-order valence-electron chi connectivity index (χ3n) is 5.06. The maximum Gasteiger partial charge on any atom is 0.223 e. The van der Waals surface area contributed by atoms with Crippen molar-refractivity contribution in [3.63, 3.8) is 0 Å². The number of piperidine rings is 1. The molecule has 1 aliphatic heterocycles. The highest BCUT2D eigenvalue weighted by Crippen LogP contribution is 2.28. The van der Waals surface area contributed by atoms with Crippen LogP contribution in [0.4, 0.5) is 5.82 Å². The molecular formula is C22H30N4O3. The van der Waals surface area contributed by atoms with Gasteiger partial charge in [-0.05, 0) is 50.8 Å². The normalized spacial score (nSPS) is 14.5. The molecule has 0 aliphatic carbocycles. The largest absolute Gasteiger partial charge is 0.490 e. The van der Waals surface area contributed by atoms with Crippen molar-refractivity contribution in [1.29, 1.82) is 0 Å². The molecule has 1 N–H and O–H groups in total. The van der Waals surface area contributed by atoms with Crippen LogP contribution in [-0.2, 0) is 11.2 Å². The van der Waals surface area contributed by atoms with Crippen LogP contribution in [0.1, 0.15) is 32.3 Å². The third-order valence-corrected chi connectivity index (χ3v) is 5.06. The number of anilines is 1. The Morgan fingerprint density at radius 3 is 2.59 bits per heavy atom. The number of benzene rings is 1. The van der Waals surface area contributed by atoms with Crippen LogP contribution in [0.25, 0.3) is 0 Å². The quantitative estimate of drug-likeness (QED) is 0.700. The minimum atomic E-state index is 0.0576. The van der Waals surface area contributed by atoms with E-state index in [9.17, 15) is 4.79 Å². The lowest BCUT2D eigenvalue weighted by molar-refractivity contribution is -0.125. The second-order valence-corrected chi connectivity index (χ2v) is 7.01. The molecule has 2 heterocycles.